The molecule has 4 aromatic rings. The first kappa shape index (κ1) is 19.7. The van der Waals surface area contributed by atoms with Crippen molar-refractivity contribution >= 4 is 32.9 Å². The van der Waals surface area contributed by atoms with Crippen LogP contribution < -0.4 is 0 Å². The number of aryl methyl sites for hydroxylation is 2. The van der Waals surface area contributed by atoms with Crippen molar-refractivity contribution in [3.8, 4) is 16.3 Å². The molecule has 0 atom stereocenters. The molecule has 28 heavy (non-hydrogen) atoms. The van der Waals surface area contributed by atoms with E-state index in [9.17, 15) is 5.11 Å². The van der Waals surface area contributed by atoms with E-state index in [-0.39, 0.29) is 5.75 Å². The highest BCUT2D eigenvalue weighted by atomic mass is 32.1. The SMILES string of the molecule is CC.Cc1ccc2nc(-c3ccc(N=Nc4ccccc4O)cc3)sc2c1C. The quantitative estimate of drug-likeness (QED) is 0.364. The van der Waals surface area contributed by atoms with Gasteiger partial charge in [0.25, 0.3) is 0 Å². The van der Waals surface area contributed by atoms with Crippen molar-refractivity contribution in [1.29, 1.82) is 0 Å². The number of para-hydroxylation sites is 1. The maximum atomic E-state index is 9.73. The van der Waals surface area contributed by atoms with Gasteiger partial charge in [0.05, 0.1) is 15.9 Å². The Labute approximate surface area is 169 Å². The summed E-state index contributed by atoms with van der Waals surface area (Å²) in [7, 11) is 0. The van der Waals surface area contributed by atoms with Crippen LogP contribution in [0.1, 0.15) is 25.0 Å². The highest BCUT2D eigenvalue weighted by Crippen LogP contribution is 2.34. The Morgan fingerprint density at radius 3 is 2.29 bits per heavy atom. The van der Waals surface area contributed by atoms with Gasteiger partial charge in [-0.05, 0) is 67.4 Å². The van der Waals surface area contributed by atoms with Crippen LogP contribution >= 0.6 is 11.3 Å². The van der Waals surface area contributed by atoms with Gasteiger partial charge in [0.15, 0.2) is 0 Å². The number of aromatic nitrogens is 1. The second-order valence-corrected chi connectivity index (χ2v) is 7.11. The Balaban J connectivity index is 0.00000109. The van der Waals surface area contributed by atoms with Crippen molar-refractivity contribution in [2.45, 2.75) is 27.7 Å². The van der Waals surface area contributed by atoms with Crippen molar-refractivity contribution in [1.82, 2.24) is 4.98 Å². The minimum atomic E-state index is 0.119. The average molecular weight is 390 g/mol. The summed E-state index contributed by atoms with van der Waals surface area (Å²) in [6.45, 7) is 8.26. The van der Waals surface area contributed by atoms with Gasteiger partial charge < -0.3 is 5.11 Å². The smallest absolute Gasteiger partial charge is 0.143 e. The molecule has 0 unspecified atom stereocenters. The molecule has 4 nitrogen and oxygen atoms in total. The molecule has 0 spiro atoms. The van der Waals surface area contributed by atoms with Crippen LogP contribution in [0.2, 0.25) is 0 Å². The van der Waals surface area contributed by atoms with Crippen LogP contribution in [0.25, 0.3) is 20.8 Å². The predicted molar refractivity (Wildman–Crippen MR) is 118 cm³/mol. The topological polar surface area (TPSA) is 57.8 Å². The molecule has 1 aromatic heterocycles. The van der Waals surface area contributed by atoms with Gasteiger partial charge in [0.2, 0.25) is 0 Å². The number of phenols is 1. The number of fused-ring (bicyclic) bond motifs is 1. The van der Waals surface area contributed by atoms with Gasteiger partial charge in [0.1, 0.15) is 16.4 Å². The molecule has 0 aliphatic carbocycles. The van der Waals surface area contributed by atoms with E-state index in [0.29, 0.717) is 5.69 Å². The summed E-state index contributed by atoms with van der Waals surface area (Å²) in [4.78, 5) is 4.75. The Kier molecular flexibility index (Phi) is 6.16. The Hall–Kier alpha value is -3.05. The number of hydrogen-bond acceptors (Lipinski definition) is 5. The fourth-order valence-corrected chi connectivity index (χ4v) is 3.80. The lowest BCUT2D eigenvalue weighted by atomic mass is 10.1. The molecular weight excluding hydrogens is 366 g/mol. The second kappa shape index (κ2) is 8.76. The molecule has 1 heterocycles. The summed E-state index contributed by atoms with van der Waals surface area (Å²) in [5, 5.41) is 19.0. The minimum absolute atomic E-state index is 0.119. The van der Waals surface area contributed by atoms with Crippen molar-refractivity contribution in [2.24, 2.45) is 10.2 Å². The lowest BCUT2D eigenvalue weighted by Gasteiger charge is -1.98. The fraction of sp³-hybridized carbons (Fsp3) is 0.174. The molecule has 0 fully saturated rings. The number of phenolic OH excluding ortho intramolecular Hbond substituents is 1. The number of rotatable bonds is 3. The molecule has 1 N–H and O–H groups in total. The van der Waals surface area contributed by atoms with Crippen LogP contribution in [0.5, 0.6) is 5.75 Å². The number of aromatic hydroxyl groups is 1. The third-order valence-corrected chi connectivity index (χ3v) is 5.59. The summed E-state index contributed by atoms with van der Waals surface area (Å²) in [5.41, 5.74) is 5.85. The monoisotopic (exact) mass is 389 g/mol. The maximum absolute atomic E-state index is 9.73. The van der Waals surface area contributed by atoms with Crippen molar-refractivity contribution in [3.63, 3.8) is 0 Å². The summed E-state index contributed by atoms with van der Waals surface area (Å²) in [6.07, 6.45) is 0. The van der Waals surface area contributed by atoms with Crippen LogP contribution in [-0.4, -0.2) is 10.1 Å². The van der Waals surface area contributed by atoms with E-state index < -0.39 is 0 Å². The molecule has 0 saturated carbocycles. The second-order valence-electron chi connectivity index (χ2n) is 6.11. The maximum Gasteiger partial charge on any atom is 0.143 e. The van der Waals surface area contributed by atoms with Gasteiger partial charge in [-0.15, -0.1) is 16.5 Å². The first-order valence-electron chi connectivity index (χ1n) is 9.29. The first-order chi connectivity index (χ1) is 13.6. The Morgan fingerprint density at radius 1 is 0.857 bits per heavy atom. The highest BCUT2D eigenvalue weighted by Gasteiger charge is 2.09. The van der Waals surface area contributed by atoms with E-state index in [2.05, 4.69) is 36.2 Å². The number of hydrogen-bond donors (Lipinski definition) is 1. The molecule has 0 bridgehead atoms. The summed E-state index contributed by atoms with van der Waals surface area (Å²) < 4.78 is 1.24. The highest BCUT2D eigenvalue weighted by molar-refractivity contribution is 7.21. The van der Waals surface area contributed by atoms with Crippen molar-refractivity contribution < 1.29 is 5.11 Å². The molecule has 0 aliphatic rings. The van der Waals surface area contributed by atoms with Crippen molar-refractivity contribution in [3.05, 3.63) is 71.8 Å². The predicted octanol–water partition coefficient (Wildman–Crippen LogP) is 7.73. The number of nitrogens with zero attached hydrogens (tertiary/aromatic N) is 3. The first-order valence-corrected chi connectivity index (χ1v) is 10.1. The minimum Gasteiger partial charge on any atom is -0.506 e. The molecule has 142 valence electrons. The lowest BCUT2D eigenvalue weighted by molar-refractivity contribution is 0.476. The summed E-state index contributed by atoms with van der Waals surface area (Å²) in [6, 6.07) is 18.9. The molecule has 0 radical (unpaired) electrons. The van der Waals surface area contributed by atoms with Crippen molar-refractivity contribution in [2.75, 3.05) is 0 Å². The Morgan fingerprint density at radius 2 is 1.57 bits per heavy atom. The summed E-state index contributed by atoms with van der Waals surface area (Å²) >= 11 is 1.71. The third kappa shape index (κ3) is 4.10. The molecule has 4 rings (SSSR count). The van der Waals surface area contributed by atoms with Crippen LogP contribution in [0.4, 0.5) is 11.4 Å². The molecule has 3 aromatic carbocycles. The molecule has 0 amide bonds. The fourth-order valence-electron chi connectivity index (χ4n) is 2.68. The molecule has 5 heteroatoms. The average Bonchev–Trinajstić information content (AvgIpc) is 3.17. The lowest BCUT2D eigenvalue weighted by Crippen LogP contribution is -1.79. The zero-order valence-corrected chi connectivity index (χ0v) is 17.3. The summed E-state index contributed by atoms with van der Waals surface area (Å²) in [5.74, 6) is 0.119. The van der Waals surface area contributed by atoms with E-state index in [1.807, 2.05) is 44.2 Å². The number of benzene rings is 3. The standard InChI is InChI=1S/C21H17N3OS.C2H6/c1-13-7-12-18-20(14(13)2)26-21(22-18)15-8-10-16(11-9-15)23-24-17-5-3-4-6-19(17)25;1-2/h3-12,25H,1-2H3;1-2H3. The van der Waals surface area contributed by atoms with E-state index in [1.54, 1.807) is 29.5 Å². The molecule has 0 saturated heterocycles. The Bertz CT molecular complexity index is 1110. The van der Waals surface area contributed by atoms with E-state index >= 15 is 0 Å². The largest absolute Gasteiger partial charge is 0.506 e. The molecular formula is C23H23N3OS. The van der Waals surface area contributed by atoms with Gasteiger partial charge in [-0.2, -0.15) is 5.11 Å². The van der Waals surface area contributed by atoms with Crippen LogP contribution in [-0.2, 0) is 0 Å². The normalized spacial score (nSPS) is 10.9. The van der Waals surface area contributed by atoms with Crippen LogP contribution in [0.3, 0.4) is 0 Å². The van der Waals surface area contributed by atoms with Gasteiger partial charge in [-0.1, -0.05) is 32.0 Å². The van der Waals surface area contributed by atoms with Gasteiger partial charge in [-0.3, -0.25) is 0 Å². The van der Waals surface area contributed by atoms with Crippen LogP contribution in [0, 0.1) is 13.8 Å². The third-order valence-electron chi connectivity index (χ3n) is 4.35. The van der Waals surface area contributed by atoms with Gasteiger partial charge >= 0.3 is 0 Å². The van der Waals surface area contributed by atoms with E-state index in [4.69, 9.17) is 4.98 Å². The van der Waals surface area contributed by atoms with E-state index in [0.717, 1.165) is 21.8 Å². The zero-order chi connectivity index (χ0) is 20.1. The molecule has 0 aliphatic heterocycles. The number of azo groups is 1. The van der Waals surface area contributed by atoms with E-state index in [1.165, 1.54) is 15.8 Å². The number of thiazole rings is 1. The zero-order valence-electron chi connectivity index (χ0n) is 16.5. The van der Waals surface area contributed by atoms with Gasteiger partial charge in [0, 0.05) is 5.56 Å². The van der Waals surface area contributed by atoms with Crippen LogP contribution in [0.15, 0.2) is 70.9 Å². The van der Waals surface area contributed by atoms with Gasteiger partial charge in [-0.25, -0.2) is 4.98 Å².